The summed E-state index contributed by atoms with van der Waals surface area (Å²) in [4.78, 5) is 4.42. The number of nitrogens with zero attached hydrogens (tertiary/aromatic N) is 1. The predicted molar refractivity (Wildman–Crippen MR) is 70.6 cm³/mol. The first-order valence-corrected chi connectivity index (χ1v) is 6.81. The molecule has 0 aliphatic carbocycles. The number of nitrogens with two attached hydrogens (primary N) is 1. The van der Waals surface area contributed by atoms with Gasteiger partial charge in [-0.25, -0.2) is 4.98 Å². The molecule has 4 heteroatoms. The van der Waals surface area contributed by atoms with Gasteiger partial charge in [-0.3, -0.25) is 0 Å². The summed E-state index contributed by atoms with van der Waals surface area (Å²) in [5.41, 5.74) is 6.86. The molecule has 0 radical (unpaired) electrons. The maximum atomic E-state index is 5.75. The zero-order chi connectivity index (χ0) is 12.0. The van der Waals surface area contributed by atoms with E-state index < -0.39 is 0 Å². The predicted octanol–water partition coefficient (Wildman–Crippen LogP) is 2.16. The molecule has 92 valence electrons. The average molecular weight is 241 g/mol. The Morgan fingerprint density at radius 2 is 2.25 bits per heavy atom. The molecule has 0 fully saturated rings. The first-order chi connectivity index (χ1) is 7.61. The van der Waals surface area contributed by atoms with Crippen molar-refractivity contribution in [3.8, 4) is 0 Å². The lowest BCUT2D eigenvalue weighted by atomic mass is 9.97. The van der Waals surface area contributed by atoms with Crippen LogP contribution in [0.15, 0.2) is 5.38 Å². The van der Waals surface area contributed by atoms with E-state index in [1.54, 1.807) is 11.3 Å². The van der Waals surface area contributed by atoms with Crippen LogP contribution < -0.4 is 11.1 Å². The van der Waals surface area contributed by atoms with Gasteiger partial charge in [0.2, 0.25) is 0 Å². The SMILES string of the molecule is Cc1csc(CNCC(CN)CC(C)C)n1. The maximum absolute atomic E-state index is 5.75. The van der Waals surface area contributed by atoms with Gasteiger partial charge in [-0.2, -0.15) is 0 Å². The van der Waals surface area contributed by atoms with E-state index in [0.717, 1.165) is 36.3 Å². The van der Waals surface area contributed by atoms with Crippen molar-refractivity contribution in [2.24, 2.45) is 17.6 Å². The standard InChI is InChI=1S/C12H23N3S/c1-9(2)4-11(5-13)6-14-7-12-15-10(3)8-16-12/h8-9,11,14H,4-7,13H2,1-3H3. The summed E-state index contributed by atoms with van der Waals surface area (Å²) in [7, 11) is 0. The van der Waals surface area contributed by atoms with Crippen molar-refractivity contribution in [2.45, 2.75) is 33.7 Å². The Morgan fingerprint density at radius 1 is 1.50 bits per heavy atom. The van der Waals surface area contributed by atoms with Gasteiger partial charge in [-0.15, -0.1) is 11.3 Å². The number of nitrogens with one attached hydrogen (secondary N) is 1. The van der Waals surface area contributed by atoms with Crippen molar-refractivity contribution >= 4 is 11.3 Å². The average Bonchev–Trinajstić information content (AvgIpc) is 2.62. The third-order valence-corrected chi connectivity index (χ3v) is 3.48. The van der Waals surface area contributed by atoms with Crippen LogP contribution in [0.4, 0.5) is 0 Å². The zero-order valence-electron chi connectivity index (χ0n) is 10.5. The second kappa shape index (κ2) is 6.99. The van der Waals surface area contributed by atoms with Gasteiger partial charge in [-0.05, 0) is 38.3 Å². The van der Waals surface area contributed by atoms with Crippen molar-refractivity contribution in [3.05, 3.63) is 16.1 Å². The Kier molecular flexibility index (Phi) is 5.95. The molecule has 0 aliphatic rings. The summed E-state index contributed by atoms with van der Waals surface area (Å²) in [6, 6.07) is 0. The molecule has 0 saturated heterocycles. The fourth-order valence-electron chi connectivity index (χ4n) is 1.80. The second-order valence-electron chi connectivity index (χ2n) is 4.74. The first kappa shape index (κ1) is 13.6. The number of thiazole rings is 1. The molecule has 0 amide bonds. The van der Waals surface area contributed by atoms with E-state index in [0.29, 0.717) is 5.92 Å². The minimum absolute atomic E-state index is 0.584. The van der Waals surface area contributed by atoms with Crippen LogP contribution in [-0.4, -0.2) is 18.1 Å². The van der Waals surface area contributed by atoms with Crippen LogP contribution >= 0.6 is 11.3 Å². The number of rotatable bonds is 7. The summed E-state index contributed by atoms with van der Waals surface area (Å²) in [5, 5.41) is 6.69. The summed E-state index contributed by atoms with van der Waals surface area (Å²) in [6.45, 7) is 9.14. The van der Waals surface area contributed by atoms with Crippen molar-refractivity contribution < 1.29 is 0 Å². The third kappa shape index (κ3) is 5.05. The largest absolute Gasteiger partial charge is 0.330 e. The van der Waals surface area contributed by atoms with Crippen LogP contribution in [0.5, 0.6) is 0 Å². The van der Waals surface area contributed by atoms with Crippen LogP contribution in [-0.2, 0) is 6.54 Å². The molecule has 3 nitrogen and oxygen atoms in total. The molecule has 0 aliphatic heterocycles. The van der Waals surface area contributed by atoms with Gasteiger partial charge in [0.25, 0.3) is 0 Å². The number of hydrogen-bond donors (Lipinski definition) is 2. The van der Waals surface area contributed by atoms with E-state index in [2.05, 4.69) is 29.5 Å². The molecule has 1 heterocycles. The monoisotopic (exact) mass is 241 g/mol. The van der Waals surface area contributed by atoms with Gasteiger partial charge in [0.1, 0.15) is 5.01 Å². The second-order valence-corrected chi connectivity index (χ2v) is 5.69. The summed E-state index contributed by atoms with van der Waals surface area (Å²) >= 11 is 1.72. The minimum Gasteiger partial charge on any atom is -0.330 e. The van der Waals surface area contributed by atoms with Gasteiger partial charge in [0, 0.05) is 17.6 Å². The van der Waals surface area contributed by atoms with Gasteiger partial charge >= 0.3 is 0 Å². The topological polar surface area (TPSA) is 50.9 Å². The highest BCUT2D eigenvalue weighted by Gasteiger charge is 2.08. The van der Waals surface area contributed by atoms with Crippen molar-refractivity contribution in [2.75, 3.05) is 13.1 Å². The van der Waals surface area contributed by atoms with Gasteiger partial charge < -0.3 is 11.1 Å². The molecule has 1 unspecified atom stereocenters. The van der Waals surface area contributed by atoms with Crippen LogP contribution in [0.1, 0.15) is 31.0 Å². The highest BCUT2D eigenvalue weighted by molar-refractivity contribution is 7.09. The van der Waals surface area contributed by atoms with Crippen molar-refractivity contribution in [3.63, 3.8) is 0 Å². The molecule has 0 bridgehead atoms. The van der Waals surface area contributed by atoms with Crippen LogP contribution in [0, 0.1) is 18.8 Å². The normalized spacial score (nSPS) is 13.3. The van der Waals surface area contributed by atoms with Crippen molar-refractivity contribution in [1.29, 1.82) is 0 Å². The molecule has 16 heavy (non-hydrogen) atoms. The smallest absolute Gasteiger partial charge is 0.107 e. The van der Waals surface area contributed by atoms with E-state index in [9.17, 15) is 0 Å². The van der Waals surface area contributed by atoms with E-state index in [-0.39, 0.29) is 0 Å². The Balaban J connectivity index is 2.23. The molecule has 0 saturated carbocycles. The molecular formula is C12H23N3S. The Labute approximate surface area is 102 Å². The number of aromatic nitrogens is 1. The molecule has 0 aromatic carbocycles. The highest BCUT2D eigenvalue weighted by Crippen LogP contribution is 2.11. The minimum atomic E-state index is 0.584. The van der Waals surface area contributed by atoms with Gasteiger partial charge in [0.15, 0.2) is 0 Å². The van der Waals surface area contributed by atoms with E-state index >= 15 is 0 Å². The van der Waals surface area contributed by atoms with E-state index in [4.69, 9.17) is 5.73 Å². The molecule has 1 atom stereocenters. The summed E-state index contributed by atoms with van der Waals surface area (Å²) in [5.74, 6) is 1.30. The molecule has 1 aromatic rings. The van der Waals surface area contributed by atoms with Crippen LogP contribution in [0.25, 0.3) is 0 Å². The number of hydrogen-bond acceptors (Lipinski definition) is 4. The quantitative estimate of drug-likeness (QED) is 0.769. The van der Waals surface area contributed by atoms with Gasteiger partial charge in [0.05, 0.1) is 0 Å². The molecule has 3 N–H and O–H groups in total. The lowest BCUT2D eigenvalue weighted by Gasteiger charge is -2.17. The summed E-state index contributed by atoms with van der Waals surface area (Å²) in [6.07, 6.45) is 1.19. The van der Waals surface area contributed by atoms with Crippen LogP contribution in [0.3, 0.4) is 0 Å². The van der Waals surface area contributed by atoms with Gasteiger partial charge in [-0.1, -0.05) is 13.8 Å². The Bertz CT molecular complexity index is 296. The first-order valence-electron chi connectivity index (χ1n) is 5.93. The molecule has 1 rings (SSSR count). The molecular weight excluding hydrogens is 218 g/mol. The van der Waals surface area contributed by atoms with E-state index in [1.807, 2.05) is 6.92 Å². The molecule has 0 spiro atoms. The zero-order valence-corrected chi connectivity index (χ0v) is 11.3. The fourth-order valence-corrected chi connectivity index (χ4v) is 2.54. The lowest BCUT2D eigenvalue weighted by Crippen LogP contribution is -2.29. The highest BCUT2D eigenvalue weighted by atomic mass is 32.1. The van der Waals surface area contributed by atoms with Crippen molar-refractivity contribution in [1.82, 2.24) is 10.3 Å². The Hall–Kier alpha value is -0.450. The summed E-state index contributed by atoms with van der Waals surface area (Å²) < 4.78 is 0. The molecule has 1 aromatic heterocycles. The number of aryl methyl sites for hydroxylation is 1. The van der Waals surface area contributed by atoms with Crippen LogP contribution in [0.2, 0.25) is 0 Å². The van der Waals surface area contributed by atoms with E-state index in [1.165, 1.54) is 6.42 Å². The maximum Gasteiger partial charge on any atom is 0.107 e. The Morgan fingerprint density at radius 3 is 2.75 bits per heavy atom. The third-order valence-electron chi connectivity index (χ3n) is 2.51. The lowest BCUT2D eigenvalue weighted by molar-refractivity contribution is 0.394. The fraction of sp³-hybridized carbons (Fsp3) is 0.750.